The van der Waals surface area contributed by atoms with Crippen LogP contribution in [0.25, 0.3) is 0 Å². The largest absolute Gasteiger partial charge is 0.486 e. The van der Waals surface area contributed by atoms with Crippen LogP contribution < -0.4 is 14.8 Å². The van der Waals surface area contributed by atoms with Crippen molar-refractivity contribution in [2.45, 2.75) is 13.8 Å². The van der Waals surface area contributed by atoms with Crippen LogP contribution in [-0.2, 0) is 0 Å². The number of aryl methyl sites for hydroxylation is 1. The first-order valence-corrected chi connectivity index (χ1v) is 7.41. The summed E-state index contributed by atoms with van der Waals surface area (Å²) in [5.74, 6) is 0.993. The maximum atomic E-state index is 12.5. The minimum absolute atomic E-state index is 0.195. The lowest BCUT2D eigenvalue weighted by molar-refractivity contribution is 0.102. The van der Waals surface area contributed by atoms with Gasteiger partial charge in [0.15, 0.2) is 11.5 Å². The number of carbonyl (C=O) groups excluding carboxylic acids is 1. The standard InChI is InChI=1S/C17H16ClNO3/c1-10-4-3-5-12(11(10)2)17(20)19-14-9-16-15(8-13(14)18)21-6-7-22-16/h3-5,8-9H,6-7H2,1-2H3,(H,19,20). The molecule has 0 spiro atoms. The number of carbonyl (C=O) groups is 1. The summed E-state index contributed by atoms with van der Waals surface area (Å²) >= 11 is 6.21. The van der Waals surface area contributed by atoms with E-state index in [4.69, 9.17) is 21.1 Å². The average molecular weight is 318 g/mol. The van der Waals surface area contributed by atoms with Gasteiger partial charge in [0.05, 0.1) is 10.7 Å². The van der Waals surface area contributed by atoms with Crippen LogP contribution >= 0.6 is 11.6 Å². The lowest BCUT2D eigenvalue weighted by atomic mass is 10.0. The van der Waals surface area contributed by atoms with E-state index in [9.17, 15) is 4.79 Å². The van der Waals surface area contributed by atoms with Gasteiger partial charge in [-0.25, -0.2) is 0 Å². The fourth-order valence-electron chi connectivity index (χ4n) is 2.35. The minimum atomic E-state index is -0.195. The lowest BCUT2D eigenvalue weighted by Gasteiger charge is -2.20. The summed E-state index contributed by atoms with van der Waals surface area (Å²) in [7, 11) is 0. The van der Waals surface area contributed by atoms with Gasteiger partial charge in [-0.1, -0.05) is 23.7 Å². The molecule has 0 saturated heterocycles. The number of hydrogen-bond acceptors (Lipinski definition) is 3. The van der Waals surface area contributed by atoms with Gasteiger partial charge in [-0.15, -0.1) is 0 Å². The summed E-state index contributed by atoms with van der Waals surface area (Å²) in [6.07, 6.45) is 0. The molecule has 0 unspecified atom stereocenters. The minimum Gasteiger partial charge on any atom is -0.486 e. The second-order valence-corrected chi connectivity index (χ2v) is 5.58. The van der Waals surface area contributed by atoms with Crippen molar-refractivity contribution in [2.24, 2.45) is 0 Å². The molecule has 0 fully saturated rings. The lowest BCUT2D eigenvalue weighted by Crippen LogP contribution is -2.17. The van der Waals surface area contributed by atoms with Gasteiger partial charge in [-0.2, -0.15) is 0 Å². The summed E-state index contributed by atoms with van der Waals surface area (Å²) in [6, 6.07) is 8.99. The average Bonchev–Trinajstić information content (AvgIpc) is 2.50. The molecule has 2 aromatic rings. The smallest absolute Gasteiger partial charge is 0.255 e. The van der Waals surface area contributed by atoms with Crippen molar-refractivity contribution in [3.63, 3.8) is 0 Å². The number of nitrogens with one attached hydrogen (secondary N) is 1. The zero-order chi connectivity index (χ0) is 15.7. The van der Waals surface area contributed by atoms with Crippen molar-refractivity contribution in [3.8, 4) is 11.5 Å². The molecule has 0 bridgehead atoms. The van der Waals surface area contributed by atoms with Crippen LogP contribution in [0.1, 0.15) is 21.5 Å². The summed E-state index contributed by atoms with van der Waals surface area (Å²) < 4.78 is 11.0. The third-order valence-electron chi connectivity index (χ3n) is 3.73. The van der Waals surface area contributed by atoms with Crippen molar-refractivity contribution >= 4 is 23.2 Å². The molecule has 4 nitrogen and oxygen atoms in total. The van der Waals surface area contributed by atoms with Gasteiger partial charge in [-0.3, -0.25) is 4.79 Å². The van der Waals surface area contributed by atoms with E-state index in [0.717, 1.165) is 11.1 Å². The zero-order valence-corrected chi connectivity index (χ0v) is 13.2. The third kappa shape index (κ3) is 2.74. The highest BCUT2D eigenvalue weighted by Crippen LogP contribution is 2.38. The molecule has 0 aromatic heterocycles. The molecule has 114 valence electrons. The Kier molecular flexibility index (Phi) is 3.94. The molecular formula is C17H16ClNO3. The summed E-state index contributed by atoms with van der Waals surface area (Å²) in [5, 5.41) is 3.26. The molecular weight excluding hydrogens is 302 g/mol. The van der Waals surface area contributed by atoms with Crippen molar-refractivity contribution in [2.75, 3.05) is 18.5 Å². The van der Waals surface area contributed by atoms with Crippen LogP contribution in [0.2, 0.25) is 5.02 Å². The summed E-state index contributed by atoms with van der Waals surface area (Å²) in [6.45, 7) is 4.88. The predicted molar refractivity (Wildman–Crippen MR) is 86.3 cm³/mol. The fourth-order valence-corrected chi connectivity index (χ4v) is 2.55. The van der Waals surface area contributed by atoms with Crippen molar-refractivity contribution < 1.29 is 14.3 Å². The van der Waals surface area contributed by atoms with Gasteiger partial charge >= 0.3 is 0 Å². The molecule has 1 aliphatic heterocycles. The van der Waals surface area contributed by atoms with Crippen LogP contribution in [0.5, 0.6) is 11.5 Å². The predicted octanol–water partition coefficient (Wildman–Crippen LogP) is 3.98. The number of amides is 1. The number of halogens is 1. The normalized spacial score (nSPS) is 12.9. The van der Waals surface area contributed by atoms with E-state index < -0.39 is 0 Å². The first kappa shape index (κ1) is 14.7. The molecule has 1 N–H and O–H groups in total. The Balaban J connectivity index is 1.89. The molecule has 0 saturated carbocycles. The van der Waals surface area contributed by atoms with Crippen LogP contribution in [0, 0.1) is 13.8 Å². The van der Waals surface area contributed by atoms with Crippen LogP contribution in [0.15, 0.2) is 30.3 Å². The van der Waals surface area contributed by atoms with Gasteiger partial charge in [0.2, 0.25) is 0 Å². The molecule has 1 amide bonds. The van der Waals surface area contributed by atoms with Crippen molar-refractivity contribution in [1.29, 1.82) is 0 Å². The van der Waals surface area contributed by atoms with Crippen LogP contribution in [0.3, 0.4) is 0 Å². The number of fused-ring (bicyclic) bond motifs is 1. The Morgan fingerprint density at radius 2 is 1.82 bits per heavy atom. The van der Waals surface area contributed by atoms with Crippen LogP contribution in [-0.4, -0.2) is 19.1 Å². The summed E-state index contributed by atoms with van der Waals surface area (Å²) in [4.78, 5) is 12.5. The molecule has 0 aliphatic carbocycles. The Labute approximate surface area is 134 Å². The maximum Gasteiger partial charge on any atom is 0.255 e. The number of ether oxygens (including phenoxy) is 2. The molecule has 0 radical (unpaired) electrons. The second-order valence-electron chi connectivity index (χ2n) is 5.18. The van der Waals surface area contributed by atoms with E-state index in [-0.39, 0.29) is 5.91 Å². The highest BCUT2D eigenvalue weighted by Gasteiger charge is 2.17. The topological polar surface area (TPSA) is 47.6 Å². The van der Waals surface area contributed by atoms with Gasteiger partial charge < -0.3 is 14.8 Å². The number of hydrogen-bond donors (Lipinski definition) is 1. The fraction of sp³-hybridized carbons (Fsp3) is 0.235. The number of anilines is 1. The molecule has 1 heterocycles. The highest BCUT2D eigenvalue weighted by molar-refractivity contribution is 6.34. The molecule has 22 heavy (non-hydrogen) atoms. The Bertz CT molecular complexity index is 743. The molecule has 0 atom stereocenters. The SMILES string of the molecule is Cc1cccc(C(=O)Nc2cc3c(cc2Cl)OCCO3)c1C. The monoisotopic (exact) mass is 317 g/mol. The van der Waals surface area contributed by atoms with Crippen molar-refractivity contribution in [1.82, 2.24) is 0 Å². The second kappa shape index (κ2) is 5.89. The molecule has 1 aliphatic rings. The Morgan fingerprint density at radius 1 is 1.14 bits per heavy atom. The van der Waals surface area contributed by atoms with Gasteiger partial charge in [0, 0.05) is 17.7 Å². The third-order valence-corrected chi connectivity index (χ3v) is 4.04. The van der Waals surface area contributed by atoms with E-state index in [1.54, 1.807) is 18.2 Å². The first-order valence-electron chi connectivity index (χ1n) is 7.03. The number of benzene rings is 2. The van der Waals surface area contributed by atoms with Crippen LogP contribution in [0.4, 0.5) is 5.69 Å². The van der Waals surface area contributed by atoms with Gasteiger partial charge in [0.1, 0.15) is 13.2 Å². The molecule has 2 aromatic carbocycles. The van der Waals surface area contributed by atoms with Gasteiger partial charge in [-0.05, 0) is 31.0 Å². The van der Waals surface area contributed by atoms with Gasteiger partial charge in [0.25, 0.3) is 5.91 Å². The highest BCUT2D eigenvalue weighted by atomic mass is 35.5. The van der Waals surface area contributed by atoms with E-state index in [1.165, 1.54) is 0 Å². The quantitative estimate of drug-likeness (QED) is 0.911. The molecule has 3 rings (SSSR count). The molecule has 5 heteroatoms. The van der Waals surface area contributed by atoms with E-state index in [2.05, 4.69) is 5.32 Å². The number of rotatable bonds is 2. The van der Waals surface area contributed by atoms with E-state index >= 15 is 0 Å². The summed E-state index contributed by atoms with van der Waals surface area (Å²) in [5.41, 5.74) is 3.16. The first-order chi connectivity index (χ1) is 10.6. The van der Waals surface area contributed by atoms with E-state index in [0.29, 0.717) is 41.0 Å². The van der Waals surface area contributed by atoms with Crippen molar-refractivity contribution in [3.05, 3.63) is 52.0 Å². The zero-order valence-electron chi connectivity index (χ0n) is 12.4. The maximum absolute atomic E-state index is 12.5. The Morgan fingerprint density at radius 3 is 2.55 bits per heavy atom. The van der Waals surface area contributed by atoms with E-state index in [1.807, 2.05) is 26.0 Å². The Hall–Kier alpha value is -2.20.